The van der Waals surface area contributed by atoms with Gasteiger partial charge in [-0.05, 0) is 19.3 Å². The van der Waals surface area contributed by atoms with E-state index in [1.54, 1.807) is 4.90 Å². The van der Waals surface area contributed by atoms with Crippen molar-refractivity contribution in [2.75, 3.05) is 6.54 Å². The van der Waals surface area contributed by atoms with Crippen LogP contribution in [-0.4, -0.2) is 28.7 Å². The molecule has 84 valence electrons. The quantitative estimate of drug-likeness (QED) is 0.333. The van der Waals surface area contributed by atoms with E-state index in [0.29, 0.717) is 6.42 Å². The Balaban J connectivity index is 2.44. The van der Waals surface area contributed by atoms with Gasteiger partial charge in [0.05, 0.1) is 0 Å². The minimum absolute atomic E-state index is 0.385. The van der Waals surface area contributed by atoms with Crippen LogP contribution in [0.25, 0.3) is 0 Å². The highest BCUT2D eigenvalue weighted by Gasteiger charge is 2.30. The largest absolute Gasteiger partial charge is 0.364 e. The molecule has 4 heteroatoms. The zero-order chi connectivity index (χ0) is 11.1. The van der Waals surface area contributed by atoms with Crippen LogP contribution in [0.4, 0.5) is 0 Å². The average molecular weight is 211 g/mol. The summed E-state index contributed by atoms with van der Waals surface area (Å²) >= 11 is 0. The van der Waals surface area contributed by atoms with E-state index < -0.39 is 5.97 Å². The predicted octanol–water partition coefficient (Wildman–Crippen LogP) is 1.62. The Labute approximate surface area is 90.1 Å². The fourth-order valence-electron chi connectivity index (χ4n) is 1.63. The van der Waals surface area contributed by atoms with Crippen LogP contribution in [0, 0.1) is 12.0 Å². The number of carbonyl (C=O) groups excluding carboxylic acids is 1. The third-order valence-electron chi connectivity index (χ3n) is 2.49. The third kappa shape index (κ3) is 3.45. The molecule has 1 heterocycles. The topological polar surface area (TPSA) is 49.8 Å². The number of nitrogens with zero attached hydrogens (tertiary/aromatic N) is 1. The molecule has 0 spiro atoms. The van der Waals surface area contributed by atoms with Crippen LogP contribution in [0.15, 0.2) is 0 Å². The van der Waals surface area contributed by atoms with Crippen LogP contribution in [0.5, 0.6) is 0 Å². The molecule has 1 saturated heterocycles. The number of hydrogen-bond donors (Lipinski definition) is 1. The van der Waals surface area contributed by atoms with Gasteiger partial charge in [-0.3, -0.25) is 4.89 Å². The maximum absolute atomic E-state index is 11.1. The lowest BCUT2D eigenvalue weighted by Gasteiger charge is -2.15. The molecule has 1 fully saturated rings. The molecule has 15 heavy (non-hydrogen) atoms. The van der Waals surface area contributed by atoms with Gasteiger partial charge in [0.25, 0.3) is 0 Å². The second kappa shape index (κ2) is 6.31. The summed E-state index contributed by atoms with van der Waals surface area (Å²) in [6, 6.07) is 2.57. The summed E-state index contributed by atoms with van der Waals surface area (Å²) in [5.41, 5.74) is 0. The van der Waals surface area contributed by atoms with E-state index in [4.69, 9.17) is 5.26 Å². The molecular weight excluding hydrogens is 194 g/mol. The Kier molecular flexibility index (Phi) is 4.99. The molecule has 1 rings (SSSR count). The summed E-state index contributed by atoms with van der Waals surface area (Å²) in [6.07, 6.45) is 4.69. The molecule has 0 unspecified atom stereocenters. The number of rotatable bonds is 3. The van der Waals surface area contributed by atoms with E-state index in [1.807, 2.05) is 0 Å². The molecule has 0 aromatic heterocycles. The summed E-state index contributed by atoms with van der Waals surface area (Å²) in [6.45, 7) is 2.89. The molecule has 0 saturated carbocycles. The van der Waals surface area contributed by atoms with Crippen LogP contribution >= 0.6 is 0 Å². The summed E-state index contributed by atoms with van der Waals surface area (Å²) < 4.78 is 0. The van der Waals surface area contributed by atoms with E-state index >= 15 is 0 Å². The van der Waals surface area contributed by atoms with Gasteiger partial charge in [0, 0.05) is 19.0 Å². The monoisotopic (exact) mass is 211 g/mol. The maximum atomic E-state index is 11.1. The smallest absolute Gasteiger partial charge is 0.318 e. The number of likely N-dealkylation sites (tertiary alicyclic amines) is 1. The van der Waals surface area contributed by atoms with Crippen molar-refractivity contribution in [1.82, 2.24) is 4.90 Å². The molecule has 1 aliphatic heterocycles. The molecule has 1 N–H and O–H groups in total. The molecule has 0 aromatic carbocycles. The molecular formula is C11H17NO3. The standard InChI is InChI=1S/C11H17NO3/c1-2-3-4-5-8-12-9-6-7-10(12)11(13)15-14/h10,14H,2-4,6-7,9H2,1H3/t10-/m0/s1. The van der Waals surface area contributed by atoms with Crippen molar-refractivity contribution in [3.63, 3.8) is 0 Å². The lowest BCUT2D eigenvalue weighted by Crippen LogP contribution is -2.33. The van der Waals surface area contributed by atoms with Gasteiger partial charge in [-0.1, -0.05) is 19.3 Å². The van der Waals surface area contributed by atoms with E-state index in [1.165, 1.54) is 0 Å². The van der Waals surface area contributed by atoms with Crippen molar-refractivity contribution in [1.29, 1.82) is 0 Å². The molecule has 0 aromatic rings. The summed E-state index contributed by atoms with van der Waals surface area (Å²) in [7, 11) is 0. The first-order valence-electron chi connectivity index (χ1n) is 5.40. The van der Waals surface area contributed by atoms with Gasteiger partial charge in [-0.25, -0.2) is 4.79 Å². The SMILES string of the molecule is CCCCC#CN1CCC[C@H]1C(=O)OO. The van der Waals surface area contributed by atoms with Crippen molar-refractivity contribution in [3.05, 3.63) is 0 Å². The highest BCUT2D eigenvalue weighted by Crippen LogP contribution is 2.16. The molecule has 0 amide bonds. The number of unbranched alkanes of at least 4 members (excludes halogenated alkanes) is 2. The summed E-state index contributed by atoms with van der Waals surface area (Å²) in [5.74, 6) is 2.42. The summed E-state index contributed by atoms with van der Waals surface area (Å²) in [5, 5.41) is 8.30. The minimum Gasteiger partial charge on any atom is -0.318 e. The normalized spacial score (nSPS) is 19.6. The predicted molar refractivity (Wildman–Crippen MR) is 55.7 cm³/mol. The zero-order valence-electron chi connectivity index (χ0n) is 9.03. The maximum Gasteiger partial charge on any atom is 0.364 e. The van der Waals surface area contributed by atoms with Crippen molar-refractivity contribution in [2.24, 2.45) is 0 Å². The van der Waals surface area contributed by atoms with Crippen molar-refractivity contribution in [3.8, 4) is 12.0 Å². The Morgan fingerprint density at radius 3 is 3.13 bits per heavy atom. The van der Waals surface area contributed by atoms with Crippen LogP contribution in [0.3, 0.4) is 0 Å². The van der Waals surface area contributed by atoms with Gasteiger partial charge in [-0.15, -0.1) is 0 Å². The van der Waals surface area contributed by atoms with Crippen molar-refractivity contribution >= 4 is 5.97 Å². The van der Waals surface area contributed by atoms with Crippen LogP contribution in [0.1, 0.15) is 39.0 Å². The third-order valence-corrected chi connectivity index (χ3v) is 2.49. The van der Waals surface area contributed by atoms with Gasteiger partial charge in [0.15, 0.2) is 0 Å². The average Bonchev–Trinajstić information content (AvgIpc) is 2.71. The highest BCUT2D eigenvalue weighted by molar-refractivity contribution is 5.75. The fraction of sp³-hybridized carbons (Fsp3) is 0.727. The van der Waals surface area contributed by atoms with Gasteiger partial charge in [0.1, 0.15) is 6.04 Å². The van der Waals surface area contributed by atoms with Crippen molar-refractivity contribution in [2.45, 2.75) is 45.1 Å². The lowest BCUT2D eigenvalue weighted by molar-refractivity contribution is -0.238. The first-order valence-corrected chi connectivity index (χ1v) is 5.40. The Hall–Kier alpha value is -1.21. The fourth-order valence-corrected chi connectivity index (χ4v) is 1.63. The molecule has 0 radical (unpaired) electrons. The van der Waals surface area contributed by atoms with Gasteiger partial charge in [0.2, 0.25) is 0 Å². The zero-order valence-corrected chi connectivity index (χ0v) is 9.03. The molecule has 0 aliphatic carbocycles. The van der Waals surface area contributed by atoms with Gasteiger partial charge >= 0.3 is 5.97 Å². The number of hydrogen-bond acceptors (Lipinski definition) is 4. The van der Waals surface area contributed by atoms with Crippen LogP contribution < -0.4 is 0 Å². The first kappa shape index (κ1) is 11.9. The van der Waals surface area contributed by atoms with Crippen molar-refractivity contribution < 1.29 is 14.9 Å². The Morgan fingerprint density at radius 2 is 2.47 bits per heavy atom. The van der Waals surface area contributed by atoms with E-state index in [2.05, 4.69) is 23.8 Å². The van der Waals surface area contributed by atoms with Crippen LogP contribution in [-0.2, 0) is 9.68 Å². The Bertz CT molecular complexity index is 267. The highest BCUT2D eigenvalue weighted by atomic mass is 17.1. The van der Waals surface area contributed by atoms with Gasteiger partial charge < -0.3 is 4.90 Å². The van der Waals surface area contributed by atoms with Gasteiger partial charge in [-0.2, -0.15) is 5.26 Å². The summed E-state index contributed by atoms with van der Waals surface area (Å²) in [4.78, 5) is 16.6. The minimum atomic E-state index is -0.600. The van der Waals surface area contributed by atoms with Crippen LogP contribution in [0.2, 0.25) is 0 Å². The second-order valence-electron chi connectivity index (χ2n) is 3.65. The Morgan fingerprint density at radius 1 is 1.67 bits per heavy atom. The lowest BCUT2D eigenvalue weighted by atomic mass is 10.2. The molecule has 4 nitrogen and oxygen atoms in total. The van der Waals surface area contributed by atoms with E-state index in [-0.39, 0.29) is 6.04 Å². The second-order valence-corrected chi connectivity index (χ2v) is 3.65. The van der Waals surface area contributed by atoms with E-state index in [0.717, 1.165) is 32.2 Å². The molecule has 1 aliphatic rings. The number of carbonyl (C=O) groups is 1. The van der Waals surface area contributed by atoms with E-state index in [9.17, 15) is 4.79 Å². The molecule has 0 bridgehead atoms. The first-order chi connectivity index (χ1) is 7.29. The molecule has 1 atom stereocenters.